The predicted octanol–water partition coefficient (Wildman–Crippen LogP) is 2.91. The molecule has 0 bridgehead atoms. The van der Waals surface area contributed by atoms with Crippen LogP contribution >= 0.6 is 0 Å². The Bertz CT molecular complexity index is 749. The molecule has 2 aliphatic heterocycles. The zero-order chi connectivity index (χ0) is 17.4. The van der Waals surface area contributed by atoms with E-state index >= 15 is 0 Å². The van der Waals surface area contributed by atoms with E-state index in [4.69, 9.17) is 9.47 Å². The number of ether oxygens (including phenoxy) is 2. The Morgan fingerprint density at radius 1 is 1.36 bits per heavy atom. The lowest BCUT2D eigenvalue weighted by molar-refractivity contribution is 0.192. The highest BCUT2D eigenvalue weighted by atomic mass is 16.5. The first-order valence-corrected chi connectivity index (χ1v) is 8.80. The molecule has 25 heavy (non-hydrogen) atoms. The number of fused-ring (bicyclic) bond motifs is 1. The molecule has 4 rings (SSSR count). The summed E-state index contributed by atoms with van der Waals surface area (Å²) >= 11 is 0. The van der Waals surface area contributed by atoms with Crippen molar-refractivity contribution >= 4 is 5.69 Å². The first kappa shape index (κ1) is 16.1. The molecule has 0 radical (unpaired) electrons. The maximum absolute atomic E-state index is 5.86. The monoisotopic (exact) mass is 340 g/mol. The van der Waals surface area contributed by atoms with Gasteiger partial charge in [-0.1, -0.05) is 6.92 Å². The number of nitrogens with zero attached hydrogens (tertiary/aromatic N) is 3. The van der Waals surface area contributed by atoms with Gasteiger partial charge in [0.15, 0.2) is 0 Å². The van der Waals surface area contributed by atoms with Gasteiger partial charge in [-0.25, -0.2) is 9.97 Å². The molecule has 3 aliphatic rings. The number of hydrogen-bond acceptors (Lipinski definition) is 6. The Morgan fingerprint density at radius 2 is 2.16 bits per heavy atom. The first-order valence-electron chi connectivity index (χ1n) is 8.80. The van der Waals surface area contributed by atoms with Gasteiger partial charge in [-0.15, -0.1) is 0 Å². The van der Waals surface area contributed by atoms with E-state index in [9.17, 15) is 0 Å². The lowest BCUT2D eigenvalue weighted by Gasteiger charge is -2.19. The summed E-state index contributed by atoms with van der Waals surface area (Å²) in [5.74, 6) is 0.785. The van der Waals surface area contributed by atoms with Gasteiger partial charge in [0, 0.05) is 17.7 Å². The van der Waals surface area contributed by atoms with Crippen LogP contribution in [0.15, 0.2) is 47.7 Å². The van der Waals surface area contributed by atoms with Gasteiger partial charge in [-0.05, 0) is 44.4 Å². The number of nitrogens with one attached hydrogen (secondary N) is 1. The minimum Gasteiger partial charge on any atom is -0.493 e. The van der Waals surface area contributed by atoms with Gasteiger partial charge < -0.3 is 14.4 Å². The highest BCUT2D eigenvalue weighted by molar-refractivity contribution is 5.47. The fraction of sp³-hybridized carbons (Fsp3) is 0.474. The molecule has 1 aromatic rings. The summed E-state index contributed by atoms with van der Waals surface area (Å²) in [6.07, 6.45) is 11.5. The Kier molecular flexibility index (Phi) is 4.00. The van der Waals surface area contributed by atoms with Crippen LogP contribution < -0.4 is 15.0 Å². The summed E-state index contributed by atoms with van der Waals surface area (Å²) in [4.78, 5) is 11.0. The second kappa shape index (κ2) is 6.19. The summed E-state index contributed by atoms with van der Waals surface area (Å²) in [6, 6.07) is 0.373. The van der Waals surface area contributed by atoms with Crippen molar-refractivity contribution in [1.29, 1.82) is 0 Å². The molecule has 1 aliphatic carbocycles. The smallest absolute Gasteiger partial charge is 0.321 e. The third-order valence-corrected chi connectivity index (χ3v) is 4.81. The summed E-state index contributed by atoms with van der Waals surface area (Å²) in [7, 11) is 0. The summed E-state index contributed by atoms with van der Waals surface area (Å²) in [5, 5.41) is 3.46. The van der Waals surface area contributed by atoms with Crippen LogP contribution in [-0.4, -0.2) is 34.8 Å². The molecule has 1 aromatic heterocycles. The zero-order valence-electron chi connectivity index (χ0n) is 15.0. The van der Waals surface area contributed by atoms with Gasteiger partial charge >= 0.3 is 6.01 Å². The minimum absolute atomic E-state index is 0.110. The average molecular weight is 340 g/mol. The second-order valence-corrected chi connectivity index (χ2v) is 7.33. The van der Waals surface area contributed by atoms with Crippen molar-refractivity contribution in [3.05, 3.63) is 47.7 Å². The van der Waals surface area contributed by atoms with Gasteiger partial charge in [-0.2, -0.15) is 0 Å². The standard InChI is InChI=1S/C19H24N4O2/c1-4-17-16-7-15(6-5-13(16)10-24-17)25-18-20-8-14(9-21-18)23-11-19(2,3)22-12-23/h6-10,17,22H,4-5,11-12H2,1-3H3. The maximum Gasteiger partial charge on any atom is 0.321 e. The lowest BCUT2D eigenvalue weighted by Crippen LogP contribution is -2.34. The molecular weight excluding hydrogens is 316 g/mol. The average Bonchev–Trinajstić information content (AvgIpc) is 3.18. The van der Waals surface area contributed by atoms with Gasteiger partial charge in [0.05, 0.1) is 31.0 Å². The van der Waals surface area contributed by atoms with Crippen molar-refractivity contribution < 1.29 is 9.47 Å². The molecular formula is C19H24N4O2. The maximum atomic E-state index is 5.86. The molecule has 0 spiro atoms. The zero-order valence-corrected chi connectivity index (χ0v) is 15.0. The molecule has 6 nitrogen and oxygen atoms in total. The fourth-order valence-corrected chi connectivity index (χ4v) is 3.39. The van der Waals surface area contributed by atoms with Crippen LogP contribution in [0.1, 0.15) is 33.6 Å². The number of allylic oxidation sites excluding steroid dienone is 2. The number of hydrogen-bond donors (Lipinski definition) is 1. The third kappa shape index (κ3) is 3.26. The van der Waals surface area contributed by atoms with E-state index in [-0.39, 0.29) is 11.6 Å². The van der Waals surface area contributed by atoms with Crippen molar-refractivity contribution in [3.8, 4) is 6.01 Å². The molecule has 3 heterocycles. The van der Waals surface area contributed by atoms with Gasteiger partial charge in [-0.3, -0.25) is 5.32 Å². The molecule has 0 aromatic carbocycles. The summed E-state index contributed by atoms with van der Waals surface area (Å²) < 4.78 is 11.5. The number of rotatable bonds is 4. The normalized spacial score (nSPS) is 24.2. The summed E-state index contributed by atoms with van der Waals surface area (Å²) in [6.45, 7) is 8.24. The highest BCUT2D eigenvalue weighted by Gasteiger charge is 2.29. The molecule has 6 heteroatoms. The molecule has 0 amide bonds. The van der Waals surface area contributed by atoms with Crippen LogP contribution in [0.25, 0.3) is 0 Å². The van der Waals surface area contributed by atoms with Crippen LogP contribution in [0.5, 0.6) is 6.01 Å². The van der Waals surface area contributed by atoms with Gasteiger partial charge in [0.1, 0.15) is 11.9 Å². The highest BCUT2D eigenvalue weighted by Crippen LogP contribution is 2.34. The molecule has 132 valence electrons. The molecule has 1 unspecified atom stereocenters. The Balaban J connectivity index is 1.44. The van der Waals surface area contributed by atoms with E-state index < -0.39 is 0 Å². The van der Waals surface area contributed by atoms with Gasteiger partial charge in [0.2, 0.25) is 0 Å². The molecule has 1 atom stereocenters. The third-order valence-electron chi connectivity index (χ3n) is 4.81. The van der Waals surface area contributed by atoms with Crippen LogP contribution in [0.4, 0.5) is 5.69 Å². The van der Waals surface area contributed by atoms with Crippen LogP contribution in [0.2, 0.25) is 0 Å². The molecule has 1 fully saturated rings. The number of anilines is 1. The fourth-order valence-electron chi connectivity index (χ4n) is 3.39. The van der Waals surface area contributed by atoms with E-state index in [1.165, 1.54) is 11.1 Å². The second-order valence-electron chi connectivity index (χ2n) is 7.33. The molecule has 1 N–H and O–H groups in total. The van der Waals surface area contributed by atoms with E-state index in [2.05, 4.69) is 41.0 Å². The van der Waals surface area contributed by atoms with E-state index in [0.29, 0.717) is 6.01 Å². The first-order chi connectivity index (χ1) is 12.0. The van der Waals surface area contributed by atoms with Crippen LogP contribution in [-0.2, 0) is 4.74 Å². The van der Waals surface area contributed by atoms with Crippen LogP contribution in [0.3, 0.4) is 0 Å². The topological polar surface area (TPSA) is 59.5 Å². The van der Waals surface area contributed by atoms with Gasteiger partial charge in [0.25, 0.3) is 0 Å². The Morgan fingerprint density at radius 3 is 2.84 bits per heavy atom. The molecule has 0 saturated carbocycles. The molecule has 1 saturated heterocycles. The van der Waals surface area contributed by atoms with E-state index in [1.807, 2.05) is 30.8 Å². The van der Waals surface area contributed by atoms with E-state index in [0.717, 1.165) is 37.5 Å². The van der Waals surface area contributed by atoms with Crippen molar-refractivity contribution in [3.63, 3.8) is 0 Å². The lowest BCUT2D eigenvalue weighted by atomic mass is 9.94. The van der Waals surface area contributed by atoms with Crippen molar-refractivity contribution in [2.75, 3.05) is 18.1 Å². The number of aromatic nitrogens is 2. The minimum atomic E-state index is 0.110. The van der Waals surface area contributed by atoms with Crippen molar-refractivity contribution in [1.82, 2.24) is 15.3 Å². The summed E-state index contributed by atoms with van der Waals surface area (Å²) in [5.41, 5.74) is 3.56. The van der Waals surface area contributed by atoms with Crippen molar-refractivity contribution in [2.24, 2.45) is 0 Å². The Hall–Kier alpha value is -2.34. The van der Waals surface area contributed by atoms with E-state index in [1.54, 1.807) is 0 Å². The largest absolute Gasteiger partial charge is 0.493 e. The van der Waals surface area contributed by atoms with Crippen LogP contribution in [0, 0.1) is 0 Å². The SMILES string of the molecule is CCC1OC=C2CC=C(Oc3ncc(N4CNC(C)(C)C4)cn3)C=C21. The quantitative estimate of drug-likeness (QED) is 0.909. The Labute approximate surface area is 148 Å². The predicted molar refractivity (Wildman–Crippen MR) is 96.1 cm³/mol. The van der Waals surface area contributed by atoms with Crippen molar-refractivity contribution in [2.45, 2.75) is 45.3 Å².